The number of aromatic amines is 5. The largest absolute Gasteiger partial charge is 0.492 e. The molecule has 2 aromatic heterocycles. The zero-order valence-corrected chi connectivity index (χ0v) is 72.9. The van der Waals surface area contributed by atoms with Gasteiger partial charge in [-0.05, 0) is 34.6 Å². The Morgan fingerprint density at radius 3 is 1.12 bits per heavy atom. The van der Waals surface area contributed by atoms with Crippen molar-refractivity contribution in [3.8, 4) is 40.4 Å². The number of H-pyrrole nitrogens is 5. The zero-order valence-electron chi connectivity index (χ0n) is 72.9. The normalized spacial score (nSPS) is 17.8. The van der Waals surface area contributed by atoms with Gasteiger partial charge in [-0.15, -0.1) is 0 Å². The molecule has 0 aromatic carbocycles. The zero-order chi connectivity index (χ0) is 103. The number of amides is 4. The van der Waals surface area contributed by atoms with E-state index in [9.17, 15) is 164 Å². The van der Waals surface area contributed by atoms with Gasteiger partial charge >= 0.3 is 22.8 Å². The molecular formula is C75H105N23O39. The van der Waals surface area contributed by atoms with Gasteiger partial charge in [-0.25, -0.2) is 49.1 Å². The van der Waals surface area contributed by atoms with Crippen LogP contribution in [-0.2, 0) is 45.4 Å². The molecule has 10 aliphatic rings. The number of aryl methyl sites for hydroxylation is 3. The lowest BCUT2D eigenvalue weighted by atomic mass is 10.0. The number of aliphatic hydroxyl groups is 25. The Kier molecular flexibility index (Phi) is 40.1. The Hall–Kier alpha value is -12.7. The van der Waals surface area contributed by atoms with Crippen molar-refractivity contribution in [1.82, 2.24) is 98.5 Å². The van der Waals surface area contributed by atoms with E-state index in [0.29, 0.717) is 28.5 Å². The summed E-state index contributed by atoms with van der Waals surface area (Å²) in [7, 11) is 0. The van der Waals surface area contributed by atoms with Crippen molar-refractivity contribution in [3.63, 3.8) is 0 Å². The third-order valence-corrected chi connectivity index (χ3v) is 20.9. The third kappa shape index (κ3) is 27.9. The van der Waals surface area contributed by atoms with E-state index < -0.39 is 249 Å². The van der Waals surface area contributed by atoms with Crippen LogP contribution < -0.4 is 66.9 Å². The molecule has 0 bridgehead atoms. The average molecular weight is 1950 g/mol. The summed E-state index contributed by atoms with van der Waals surface area (Å²) in [4.78, 5) is 199. The predicted molar refractivity (Wildman–Crippen MR) is 458 cm³/mol. The number of aromatic hydroxyl groups is 1. The minimum Gasteiger partial charge on any atom is -0.492 e. The van der Waals surface area contributed by atoms with Crippen LogP contribution in [0.15, 0.2) is 82.1 Å². The Balaban J connectivity index is 0.000000224. The molecule has 62 heteroatoms. The molecule has 0 saturated carbocycles. The second kappa shape index (κ2) is 49.4. The van der Waals surface area contributed by atoms with E-state index in [2.05, 4.69) is 60.5 Å². The fraction of sp³-hybridized carbons (Fsp3) is 0.547. The van der Waals surface area contributed by atoms with Crippen molar-refractivity contribution in [3.05, 3.63) is 151 Å². The van der Waals surface area contributed by atoms with Gasteiger partial charge in [-0.3, -0.25) is 83.3 Å². The van der Waals surface area contributed by atoms with Gasteiger partial charge in [0.1, 0.15) is 120 Å². The summed E-state index contributed by atoms with van der Waals surface area (Å²) < 4.78 is 4.64. The highest BCUT2D eigenvalue weighted by Gasteiger charge is 2.40. The summed E-state index contributed by atoms with van der Waals surface area (Å²) in [5, 5.41) is 250. The number of β-amino-alcohol motifs (C(OH)–C–C–N with tert-alkyl or cyclic N) is 2. The second-order valence-electron chi connectivity index (χ2n) is 30.9. The minimum atomic E-state index is -1.73. The van der Waals surface area contributed by atoms with Gasteiger partial charge in [0, 0.05) is 31.5 Å². The number of aliphatic hydroxyl groups excluding tert-OH is 25. The summed E-state index contributed by atoms with van der Waals surface area (Å²) in [6, 6.07) is 0. The van der Waals surface area contributed by atoms with Crippen LogP contribution in [0.25, 0.3) is 45.7 Å². The molecule has 0 unspecified atom stereocenters. The minimum absolute atomic E-state index is 0.0238. The SMILES string of the molecule is Cc1c(O)nc2c(=O)[nH]c(=O)nc-2n1C[C@H](O)[C@H](O)[C@H](O)CO.Cc1cn(C[C@H](O)[C@H](O)[C@H](O)CO)c2nc(=O)[nH]c(=O)c-2n1.Cc1nc2c(=O)[nH]c(=O)[nH]c2n(C[C@H](O)[C@H](O)[C@H](O)CO)c1=O.Cc1nc2c(=O)[nH]c(=O)nc-2n(C[C@H](O)[C@H](O)[C@H](O)CO)c1C.NCC1=NC2=C(CC(=O)NC2=O)N(C[C@H](O)[C@H](O)[C@H](O)CO)C1.O=C1CC2=C(N=C(CO)CN2C[C@H](O)[C@H](O)[C@H](O)CO)C(=O)N1. The molecule has 35 N–H and O–H groups in total. The van der Waals surface area contributed by atoms with Crippen molar-refractivity contribution < 1.29 is 152 Å². The highest BCUT2D eigenvalue weighted by molar-refractivity contribution is 6.11. The van der Waals surface area contributed by atoms with Gasteiger partial charge < -0.3 is 162 Å². The van der Waals surface area contributed by atoms with Crippen LogP contribution in [-0.4, -0.2) is 445 Å². The smallest absolute Gasteiger partial charge is 0.349 e. The topological polar surface area (TPSA) is 1020 Å². The van der Waals surface area contributed by atoms with Crippen LogP contribution in [0.4, 0.5) is 0 Å². The van der Waals surface area contributed by atoms with Crippen LogP contribution in [0.5, 0.6) is 5.88 Å². The summed E-state index contributed by atoms with van der Waals surface area (Å²) in [6.45, 7) is 1.31. The molecule has 12 rings (SSSR count). The Morgan fingerprint density at radius 2 is 0.723 bits per heavy atom. The van der Waals surface area contributed by atoms with Crippen molar-refractivity contribution in [2.75, 3.05) is 79.0 Å². The van der Waals surface area contributed by atoms with E-state index in [4.69, 9.17) is 36.4 Å². The Bertz CT molecular complexity index is 5970. The highest BCUT2D eigenvalue weighted by atomic mass is 16.4. The molecule has 0 saturated heterocycles. The quantitative estimate of drug-likeness (QED) is 0.0174. The molecule has 62 nitrogen and oxygen atoms in total. The van der Waals surface area contributed by atoms with Crippen LogP contribution in [0.2, 0.25) is 0 Å². The molecule has 0 aliphatic carbocycles. The van der Waals surface area contributed by atoms with E-state index in [1.165, 1.54) is 39.0 Å². The standard InChI is InChI=1S/C13H20N4O6.C13H18N4O6.C13H19N3O7.2C12H16N4O7.C12H16N4O6/c14-2-6-3-17(4-8(19)12(22)9(20)5-18)7-1-10(21)16-13(23)11(7)15-6;1-5-6(2)17(3-7(19)10(21)8(20)4-18)11-9(14-5)12(22)16-13(23)15-11;17-4-6-2-16(3-8(19)12(22)9(20)5-18)7-1-10(21)15-13(23)11(7)14-6;1-4-11(22)16(2-5(18)8(20)6(19)3-17)9-7(13-4)10(21)15-12(23)14-9;1-4-10(21)13-7-9(14-12(23)15-11(7)22)16(4)2-5(18)8(20)6(19)3-17;1-5-2-16(3-6(18)9(20)7(19)4-17)10-8(13-5)11(21)15-12(22)14-10/h8-9,12,18-20,22H,1-5,14H2,(H,16,21,23);7-8,10,18-21H,3-4H2,1-2H3,(H,16,22,23);8-9,12,17-20,22H,1-5H2,(H,15,21,23);5-6,8,17-20H,2-3H2,1H3,(H2,14,15,21,23);5-6,8,17-21H,2-3H2,1H3,(H,15,22,23);2,6-7,9,17-20H,3-4H2,1H3,(H,15,21,22)/t8-,9+,12-;7-,8+,10-;8-,9+,12-;2*5-,6+,8-;6-,7+,9-/m000000/s1. The Labute approximate surface area is 763 Å². The number of nitrogens with one attached hydrogen (secondary N) is 7. The number of carbonyl (C=O) groups is 4. The van der Waals surface area contributed by atoms with Crippen molar-refractivity contribution in [2.24, 2.45) is 15.7 Å². The van der Waals surface area contributed by atoms with E-state index in [0.717, 1.165) is 9.13 Å². The first kappa shape index (κ1) is 111. The molecule has 0 spiro atoms. The van der Waals surface area contributed by atoms with Gasteiger partial charge in [0.05, 0.1) is 150 Å². The maximum Gasteiger partial charge on any atom is 0.349 e. The number of aliphatic imine (C=N–C) groups is 2. The summed E-state index contributed by atoms with van der Waals surface area (Å²) in [5.74, 6) is -3.15. The van der Waals surface area contributed by atoms with Crippen LogP contribution in [0, 0.1) is 34.6 Å². The van der Waals surface area contributed by atoms with Gasteiger partial charge in [-0.2, -0.15) is 15.0 Å². The summed E-state index contributed by atoms with van der Waals surface area (Å²) in [6.07, 6.45) is -26.8. The molecule has 18 atom stereocenters. The van der Waals surface area contributed by atoms with Crippen molar-refractivity contribution in [2.45, 2.75) is 184 Å². The van der Waals surface area contributed by atoms with Crippen molar-refractivity contribution in [1.29, 1.82) is 0 Å². The fourth-order valence-corrected chi connectivity index (χ4v) is 13.3. The number of aromatic nitrogens is 16. The molecule has 10 aliphatic heterocycles. The maximum atomic E-state index is 12.2. The van der Waals surface area contributed by atoms with Gasteiger partial charge in [0.15, 0.2) is 40.1 Å². The number of imide groups is 2. The van der Waals surface area contributed by atoms with Crippen LogP contribution in [0.3, 0.4) is 0 Å². The molecule has 2 aromatic rings. The van der Waals surface area contributed by atoms with Crippen LogP contribution >= 0.6 is 0 Å². The summed E-state index contributed by atoms with van der Waals surface area (Å²) >= 11 is 0. The van der Waals surface area contributed by atoms with Gasteiger partial charge in [0.2, 0.25) is 17.7 Å². The number of fused-ring (bicyclic) bond motifs is 4. The number of carbonyl (C=O) groups excluding carboxylic acids is 4. The lowest BCUT2D eigenvalue weighted by Gasteiger charge is -2.36. The van der Waals surface area contributed by atoms with Crippen LogP contribution in [0.1, 0.15) is 41.3 Å². The number of nitrogens with zero attached hydrogens (tertiary/aromatic N) is 15. The molecule has 12 heterocycles. The van der Waals surface area contributed by atoms with E-state index in [-0.39, 0.29) is 139 Å². The lowest BCUT2D eigenvalue weighted by molar-refractivity contribution is -0.131. The molecule has 0 fully saturated rings. The predicted octanol–water partition coefficient (Wildman–Crippen LogP) is -21.3. The first-order valence-corrected chi connectivity index (χ1v) is 40.7. The molecular weight excluding hydrogens is 1850 g/mol. The fourth-order valence-electron chi connectivity index (χ4n) is 13.3. The Morgan fingerprint density at radius 1 is 0.372 bits per heavy atom. The molecule has 137 heavy (non-hydrogen) atoms. The molecule has 754 valence electrons. The van der Waals surface area contributed by atoms with Crippen molar-refractivity contribution >= 4 is 46.2 Å². The number of rotatable bonds is 32. The second-order valence-corrected chi connectivity index (χ2v) is 30.9. The van der Waals surface area contributed by atoms with E-state index >= 15 is 0 Å². The van der Waals surface area contributed by atoms with Gasteiger partial charge in [-0.1, -0.05) is 0 Å². The number of hydrogen-bond donors (Lipinski definition) is 34. The lowest BCUT2D eigenvalue weighted by Crippen LogP contribution is -2.50. The summed E-state index contributed by atoms with van der Waals surface area (Å²) in [5.41, 5.74) is 0.194. The first-order valence-electron chi connectivity index (χ1n) is 40.7. The first-order chi connectivity index (χ1) is 64.3. The van der Waals surface area contributed by atoms with E-state index in [1.54, 1.807) is 20.8 Å². The number of hydrogen-bond acceptors (Lipinski definition) is 51. The maximum absolute atomic E-state index is 12.2. The van der Waals surface area contributed by atoms with Gasteiger partial charge in [0.25, 0.3) is 39.6 Å². The number of nitrogens with two attached hydrogens (primary N) is 1. The highest BCUT2D eigenvalue weighted by Crippen LogP contribution is 2.29. The average Bonchev–Trinajstić information content (AvgIpc) is 0.774. The third-order valence-electron chi connectivity index (χ3n) is 20.9. The molecule has 4 amide bonds. The van der Waals surface area contributed by atoms with E-state index in [1.807, 2.05) is 19.9 Å². The molecule has 0 radical (unpaired) electrons. The monoisotopic (exact) mass is 1950 g/mol.